The van der Waals surface area contributed by atoms with E-state index in [1.807, 2.05) is 0 Å². The lowest BCUT2D eigenvalue weighted by molar-refractivity contribution is 0.394. The third kappa shape index (κ3) is 3.27. The maximum atomic E-state index is 6.04. The second-order valence-corrected chi connectivity index (χ2v) is 3.80. The van der Waals surface area contributed by atoms with Crippen LogP contribution in [0.4, 0.5) is 0 Å². The highest BCUT2D eigenvalue weighted by Crippen LogP contribution is 2.32. The highest BCUT2D eigenvalue weighted by Gasteiger charge is 2.12. The summed E-state index contributed by atoms with van der Waals surface area (Å²) < 4.78 is 10.3. The van der Waals surface area contributed by atoms with Crippen molar-refractivity contribution in [3.8, 4) is 11.5 Å². The maximum absolute atomic E-state index is 6.04. The molecular weight excluding hydrogens is 256 g/mol. The van der Waals surface area contributed by atoms with Crippen LogP contribution in [0.25, 0.3) is 0 Å². The van der Waals surface area contributed by atoms with E-state index in [0.717, 1.165) is 0 Å². The van der Waals surface area contributed by atoms with E-state index in [9.17, 15) is 0 Å². The molecule has 0 spiro atoms. The van der Waals surface area contributed by atoms with Crippen LogP contribution in [-0.2, 0) is 0 Å². The number of guanidine groups is 1. The number of methoxy groups -OCH3 is 2. The number of rotatable bonds is 4. The Kier molecular flexibility index (Phi) is 4.79. The zero-order chi connectivity index (χ0) is 13.7. The Morgan fingerprint density at radius 1 is 1.11 bits per heavy atom. The highest BCUT2D eigenvalue weighted by molar-refractivity contribution is 6.32. The molecule has 0 bridgehead atoms. The molecule has 7 heteroatoms. The minimum absolute atomic E-state index is 0.118. The Morgan fingerprint density at radius 3 is 2.22 bits per heavy atom. The van der Waals surface area contributed by atoms with Crippen LogP contribution in [0.2, 0.25) is 5.02 Å². The Bertz CT molecular complexity index is 496. The summed E-state index contributed by atoms with van der Waals surface area (Å²) in [5.74, 6) is 0.975. The van der Waals surface area contributed by atoms with Gasteiger partial charge in [-0.2, -0.15) is 5.10 Å². The summed E-state index contributed by atoms with van der Waals surface area (Å²) in [7, 11) is 3.07. The molecule has 4 N–H and O–H groups in total. The molecule has 0 radical (unpaired) electrons. The summed E-state index contributed by atoms with van der Waals surface area (Å²) in [4.78, 5) is 0. The molecule has 0 amide bonds. The summed E-state index contributed by atoms with van der Waals surface area (Å²) in [5, 5.41) is 7.90. The molecule has 0 aliphatic carbocycles. The van der Waals surface area contributed by atoms with Gasteiger partial charge in [0.05, 0.1) is 25.0 Å². The summed E-state index contributed by atoms with van der Waals surface area (Å²) in [6.07, 6.45) is 0. The Labute approximate surface area is 110 Å². The van der Waals surface area contributed by atoms with Crippen molar-refractivity contribution in [1.29, 1.82) is 0 Å². The molecule has 1 rings (SSSR count). The largest absolute Gasteiger partial charge is 0.496 e. The zero-order valence-corrected chi connectivity index (χ0v) is 11.2. The van der Waals surface area contributed by atoms with E-state index in [-0.39, 0.29) is 5.96 Å². The van der Waals surface area contributed by atoms with E-state index in [2.05, 4.69) is 10.2 Å². The van der Waals surface area contributed by atoms with Crippen LogP contribution >= 0.6 is 11.6 Å². The molecular formula is C11H15ClN4O2. The van der Waals surface area contributed by atoms with E-state index in [4.69, 9.17) is 32.5 Å². The SMILES string of the molecule is COc1cc(OC)c(C(C)=NN=C(N)N)cc1Cl. The fourth-order valence-electron chi connectivity index (χ4n) is 1.33. The molecule has 18 heavy (non-hydrogen) atoms. The van der Waals surface area contributed by atoms with Crippen molar-refractivity contribution >= 4 is 23.3 Å². The van der Waals surface area contributed by atoms with Crippen LogP contribution in [0.3, 0.4) is 0 Å². The van der Waals surface area contributed by atoms with Crippen molar-refractivity contribution in [2.75, 3.05) is 14.2 Å². The fourth-order valence-corrected chi connectivity index (χ4v) is 1.57. The highest BCUT2D eigenvalue weighted by atomic mass is 35.5. The van der Waals surface area contributed by atoms with Gasteiger partial charge >= 0.3 is 0 Å². The van der Waals surface area contributed by atoms with Crippen LogP contribution < -0.4 is 20.9 Å². The first-order valence-corrected chi connectivity index (χ1v) is 5.42. The van der Waals surface area contributed by atoms with Crippen LogP contribution in [0.5, 0.6) is 11.5 Å². The summed E-state index contributed by atoms with van der Waals surface area (Å²) in [5.41, 5.74) is 11.7. The molecule has 0 saturated carbocycles. The van der Waals surface area contributed by atoms with E-state index < -0.39 is 0 Å². The molecule has 0 aliphatic heterocycles. The van der Waals surface area contributed by atoms with Gasteiger partial charge in [0.25, 0.3) is 0 Å². The third-order valence-corrected chi connectivity index (χ3v) is 2.47. The topological polar surface area (TPSA) is 95.2 Å². The molecule has 0 aromatic heterocycles. The van der Waals surface area contributed by atoms with Gasteiger partial charge in [0.15, 0.2) is 0 Å². The van der Waals surface area contributed by atoms with Gasteiger partial charge in [0, 0.05) is 11.6 Å². The molecule has 0 atom stereocenters. The monoisotopic (exact) mass is 270 g/mol. The Morgan fingerprint density at radius 2 is 1.72 bits per heavy atom. The zero-order valence-electron chi connectivity index (χ0n) is 10.4. The molecule has 6 nitrogen and oxygen atoms in total. The smallest absolute Gasteiger partial charge is 0.211 e. The lowest BCUT2D eigenvalue weighted by atomic mass is 10.1. The number of nitrogens with zero attached hydrogens (tertiary/aromatic N) is 2. The van der Waals surface area contributed by atoms with Crippen molar-refractivity contribution in [2.45, 2.75) is 6.92 Å². The molecule has 98 valence electrons. The van der Waals surface area contributed by atoms with Crippen molar-refractivity contribution in [3.63, 3.8) is 0 Å². The number of halogens is 1. The molecule has 1 aromatic rings. The van der Waals surface area contributed by atoms with Crippen LogP contribution in [0.15, 0.2) is 22.3 Å². The lowest BCUT2D eigenvalue weighted by Gasteiger charge is -2.11. The fraction of sp³-hybridized carbons (Fsp3) is 0.273. The first-order chi connectivity index (χ1) is 8.49. The minimum Gasteiger partial charge on any atom is -0.496 e. The van der Waals surface area contributed by atoms with Crippen LogP contribution in [0, 0.1) is 0 Å². The maximum Gasteiger partial charge on any atom is 0.211 e. The van der Waals surface area contributed by atoms with Crippen molar-refractivity contribution in [1.82, 2.24) is 0 Å². The summed E-state index contributed by atoms with van der Waals surface area (Å²) in [6.45, 7) is 1.74. The quantitative estimate of drug-likeness (QED) is 0.490. The molecule has 0 saturated heterocycles. The Hall–Kier alpha value is -1.95. The molecule has 0 heterocycles. The van der Waals surface area contributed by atoms with Gasteiger partial charge in [-0.15, -0.1) is 5.10 Å². The van der Waals surface area contributed by atoms with E-state index in [0.29, 0.717) is 27.8 Å². The Balaban J connectivity index is 3.27. The second kappa shape index (κ2) is 6.11. The second-order valence-electron chi connectivity index (χ2n) is 3.40. The van der Waals surface area contributed by atoms with Crippen molar-refractivity contribution in [2.24, 2.45) is 21.7 Å². The van der Waals surface area contributed by atoms with Gasteiger partial charge in [-0.1, -0.05) is 11.6 Å². The van der Waals surface area contributed by atoms with Gasteiger partial charge in [0.1, 0.15) is 11.5 Å². The average Bonchev–Trinajstić information content (AvgIpc) is 2.35. The summed E-state index contributed by atoms with van der Waals surface area (Å²) in [6, 6.07) is 3.35. The van der Waals surface area contributed by atoms with Gasteiger partial charge in [-0.3, -0.25) is 0 Å². The van der Waals surface area contributed by atoms with E-state index in [1.165, 1.54) is 7.11 Å². The van der Waals surface area contributed by atoms with Gasteiger partial charge in [-0.25, -0.2) is 0 Å². The number of ether oxygens (including phenoxy) is 2. The normalized spacial score (nSPS) is 11.0. The van der Waals surface area contributed by atoms with Gasteiger partial charge in [0.2, 0.25) is 5.96 Å². The standard InChI is InChI=1S/C11H15ClN4O2/c1-6(15-16-11(13)14)7-4-8(12)10(18-3)5-9(7)17-2/h4-5H,1-3H3,(H4,13,14,16). The minimum atomic E-state index is -0.118. The lowest BCUT2D eigenvalue weighted by Crippen LogP contribution is -2.22. The predicted octanol–water partition coefficient (Wildman–Crippen LogP) is 1.35. The van der Waals surface area contributed by atoms with E-state index >= 15 is 0 Å². The molecule has 0 fully saturated rings. The predicted molar refractivity (Wildman–Crippen MR) is 72.6 cm³/mol. The van der Waals surface area contributed by atoms with Crippen molar-refractivity contribution in [3.05, 3.63) is 22.7 Å². The molecule has 0 unspecified atom stereocenters. The first-order valence-electron chi connectivity index (χ1n) is 5.04. The number of nitrogens with two attached hydrogens (primary N) is 2. The van der Waals surface area contributed by atoms with Gasteiger partial charge in [-0.05, 0) is 13.0 Å². The molecule has 1 aromatic carbocycles. The first kappa shape index (κ1) is 14.1. The van der Waals surface area contributed by atoms with Gasteiger partial charge < -0.3 is 20.9 Å². The van der Waals surface area contributed by atoms with Crippen LogP contribution in [0.1, 0.15) is 12.5 Å². The van der Waals surface area contributed by atoms with Crippen LogP contribution in [-0.4, -0.2) is 25.9 Å². The summed E-state index contributed by atoms with van der Waals surface area (Å²) >= 11 is 6.04. The van der Waals surface area contributed by atoms with Crippen molar-refractivity contribution < 1.29 is 9.47 Å². The van der Waals surface area contributed by atoms with E-state index in [1.54, 1.807) is 26.2 Å². The number of hydrogen-bond acceptors (Lipinski definition) is 4. The number of hydrogen-bond donors (Lipinski definition) is 2. The average molecular weight is 271 g/mol. The number of benzene rings is 1. The molecule has 0 aliphatic rings. The third-order valence-electron chi connectivity index (χ3n) is 2.18.